The van der Waals surface area contributed by atoms with Gasteiger partial charge in [0.1, 0.15) is 5.69 Å². The fraction of sp³-hybridized carbons (Fsp3) is 0.476. The predicted molar refractivity (Wildman–Crippen MR) is 99.1 cm³/mol. The molecule has 1 unspecified atom stereocenters. The molecule has 1 saturated heterocycles. The summed E-state index contributed by atoms with van der Waals surface area (Å²) in [6.45, 7) is 2.01. The highest BCUT2D eigenvalue weighted by Crippen LogP contribution is 2.48. The van der Waals surface area contributed by atoms with Crippen LogP contribution in [0.5, 0.6) is 0 Å². The van der Waals surface area contributed by atoms with Crippen LogP contribution in [0, 0.1) is 0 Å². The van der Waals surface area contributed by atoms with Gasteiger partial charge in [0.05, 0.1) is 19.3 Å². The first-order chi connectivity index (χ1) is 12.7. The second kappa shape index (κ2) is 7.25. The number of ether oxygens (including phenoxy) is 1. The number of carbonyl (C=O) groups is 1. The fourth-order valence-corrected chi connectivity index (χ4v) is 4.62. The van der Waals surface area contributed by atoms with Crippen LogP contribution in [0.3, 0.4) is 0 Å². The van der Waals surface area contributed by atoms with E-state index < -0.39 is 0 Å². The molecule has 5 nitrogen and oxygen atoms in total. The summed E-state index contributed by atoms with van der Waals surface area (Å²) in [5.41, 5.74) is 3.45. The first-order valence-corrected chi connectivity index (χ1v) is 9.48. The lowest BCUT2D eigenvalue weighted by atomic mass is 9.64. The fourth-order valence-electron chi connectivity index (χ4n) is 4.62. The number of piperidine rings is 1. The lowest BCUT2D eigenvalue weighted by Crippen LogP contribution is -2.47. The lowest BCUT2D eigenvalue weighted by Gasteiger charge is -2.47. The van der Waals surface area contributed by atoms with Crippen molar-refractivity contribution in [2.24, 2.45) is 0 Å². The molecule has 4 rings (SSSR count). The number of nitrogens with zero attached hydrogens (tertiary/aromatic N) is 1. The summed E-state index contributed by atoms with van der Waals surface area (Å²) >= 11 is 0. The minimum atomic E-state index is 0.0552. The van der Waals surface area contributed by atoms with Gasteiger partial charge in [-0.2, -0.15) is 0 Å². The molecular weight excluding hydrogens is 328 g/mol. The smallest absolute Gasteiger partial charge is 0.270 e. The summed E-state index contributed by atoms with van der Waals surface area (Å²) in [5, 5.41) is 9.08. The van der Waals surface area contributed by atoms with E-state index in [0.29, 0.717) is 12.3 Å². The van der Waals surface area contributed by atoms with Crippen molar-refractivity contribution < 1.29 is 14.6 Å². The Balaban J connectivity index is 1.52. The molecule has 2 heterocycles. The molecule has 138 valence electrons. The molecule has 0 saturated carbocycles. The molecule has 1 aliphatic carbocycles. The SMILES string of the molecule is O=C(c1ccc[nH]1)N1CCC2(CCC(OCCO)c3ccccc32)CC1. The number of aliphatic hydroxyl groups excluding tert-OH is 1. The third kappa shape index (κ3) is 3.06. The van der Waals surface area contributed by atoms with Crippen molar-refractivity contribution in [3.8, 4) is 0 Å². The number of hydrogen-bond acceptors (Lipinski definition) is 3. The van der Waals surface area contributed by atoms with E-state index in [4.69, 9.17) is 9.84 Å². The minimum Gasteiger partial charge on any atom is -0.394 e. The van der Waals surface area contributed by atoms with Crippen LogP contribution in [0.15, 0.2) is 42.6 Å². The van der Waals surface area contributed by atoms with E-state index in [1.165, 1.54) is 11.1 Å². The highest BCUT2D eigenvalue weighted by Gasteiger charge is 2.42. The molecular formula is C21H26N2O3. The number of rotatable bonds is 4. The van der Waals surface area contributed by atoms with Crippen LogP contribution in [-0.4, -0.2) is 47.2 Å². The molecule has 0 radical (unpaired) electrons. The maximum Gasteiger partial charge on any atom is 0.270 e. The van der Waals surface area contributed by atoms with E-state index in [1.54, 1.807) is 6.20 Å². The Hall–Kier alpha value is -2.11. The third-order valence-corrected chi connectivity index (χ3v) is 6.01. The van der Waals surface area contributed by atoms with Crippen molar-refractivity contribution >= 4 is 5.91 Å². The normalized spacial score (nSPS) is 21.6. The summed E-state index contributed by atoms with van der Waals surface area (Å²) in [7, 11) is 0. The van der Waals surface area contributed by atoms with Crippen LogP contribution >= 0.6 is 0 Å². The van der Waals surface area contributed by atoms with Crippen LogP contribution in [0.25, 0.3) is 0 Å². The van der Waals surface area contributed by atoms with Gasteiger partial charge in [-0.1, -0.05) is 24.3 Å². The van der Waals surface area contributed by atoms with Crippen molar-refractivity contribution in [3.05, 3.63) is 59.4 Å². The van der Waals surface area contributed by atoms with E-state index in [1.807, 2.05) is 17.0 Å². The molecule has 0 bridgehead atoms. The summed E-state index contributed by atoms with van der Waals surface area (Å²) in [5.74, 6) is 0.0955. The largest absolute Gasteiger partial charge is 0.394 e. The van der Waals surface area contributed by atoms with Crippen molar-refractivity contribution in [2.75, 3.05) is 26.3 Å². The lowest BCUT2D eigenvalue weighted by molar-refractivity contribution is 0.00546. The van der Waals surface area contributed by atoms with Crippen LogP contribution in [0.4, 0.5) is 0 Å². The van der Waals surface area contributed by atoms with Crippen molar-refractivity contribution in [3.63, 3.8) is 0 Å². The van der Waals surface area contributed by atoms with Gasteiger partial charge in [0, 0.05) is 19.3 Å². The van der Waals surface area contributed by atoms with Crippen LogP contribution in [0.2, 0.25) is 0 Å². The number of carbonyl (C=O) groups excluding carboxylic acids is 1. The summed E-state index contributed by atoms with van der Waals surface area (Å²) in [6.07, 6.45) is 5.89. The number of aromatic nitrogens is 1. The molecule has 2 aliphatic rings. The van der Waals surface area contributed by atoms with Gasteiger partial charge in [-0.25, -0.2) is 0 Å². The van der Waals surface area contributed by atoms with E-state index in [2.05, 4.69) is 29.2 Å². The highest BCUT2D eigenvalue weighted by atomic mass is 16.5. The van der Waals surface area contributed by atoms with Crippen molar-refractivity contribution in [1.82, 2.24) is 9.88 Å². The van der Waals surface area contributed by atoms with Crippen LogP contribution in [0.1, 0.15) is 53.4 Å². The molecule has 1 aromatic heterocycles. The summed E-state index contributed by atoms with van der Waals surface area (Å²) in [6, 6.07) is 12.3. The summed E-state index contributed by atoms with van der Waals surface area (Å²) < 4.78 is 5.88. The van der Waals surface area contributed by atoms with Crippen LogP contribution < -0.4 is 0 Å². The summed E-state index contributed by atoms with van der Waals surface area (Å²) in [4.78, 5) is 17.6. The zero-order chi connectivity index (χ0) is 18.0. The maximum atomic E-state index is 12.6. The van der Waals surface area contributed by atoms with Gasteiger partial charge in [0.25, 0.3) is 5.91 Å². The van der Waals surface area contributed by atoms with Crippen LogP contribution in [-0.2, 0) is 10.2 Å². The highest BCUT2D eigenvalue weighted by molar-refractivity contribution is 5.92. The molecule has 1 atom stereocenters. The molecule has 1 aromatic carbocycles. The minimum absolute atomic E-state index is 0.0552. The topological polar surface area (TPSA) is 65.6 Å². The number of aliphatic hydroxyl groups is 1. The van der Waals surface area contributed by atoms with Gasteiger partial charge in [0.15, 0.2) is 0 Å². The molecule has 2 aromatic rings. The molecule has 2 N–H and O–H groups in total. The Morgan fingerprint density at radius 3 is 2.73 bits per heavy atom. The first kappa shape index (κ1) is 17.3. The molecule has 1 spiro atoms. The number of benzene rings is 1. The average molecular weight is 354 g/mol. The number of likely N-dealkylation sites (tertiary alicyclic amines) is 1. The second-order valence-electron chi connectivity index (χ2n) is 7.37. The van der Waals surface area contributed by atoms with Gasteiger partial charge in [0.2, 0.25) is 0 Å². The zero-order valence-corrected chi connectivity index (χ0v) is 15.0. The maximum absolute atomic E-state index is 12.6. The Morgan fingerprint density at radius 1 is 1.19 bits per heavy atom. The van der Waals surface area contributed by atoms with Gasteiger partial charge in [-0.05, 0) is 54.4 Å². The Labute approximate surface area is 154 Å². The predicted octanol–water partition coefficient (Wildman–Crippen LogP) is 3.03. The number of H-pyrrole nitrogens is 1. The van der Waals surface area contributed by atoms with E-state index in [0.717, 1.165) is 38.8 Å². The number of nitrogens with one attached hydrogen (secondary N) is 1. The number of aromatic amines is 1. The molecule has 1 aliphatic heterocycles. The number of fused-ring (bicyclic) bond motifs is 2. The molecule has 1 amide bonds. The number of amides is 1. The molecule has 1 fully saturated rings. The quantitative estimate of drug-likeness (QED) is 0.887. The zero-order valence-electron chi connectivity index (χ0n) is 15.0. The van der Waals surface area contributed by atoms with Gasteiger partial charge >= 0.3 is 0 Å². The van der Waals surface area contributed by atoms with Gasteiger partial charge in [-0.3, -0.25) is 4.79 Å². The Bertz CT molecular complexity index is 748. The standard InChI is InChI=1S/C21H26N2O3/c24-14-15-26-19-7-8-21(17-5-2-1-4-16(17)19)9-12-23(13-10-21)20(25)18-6-3-11-22-18/h1-6,11,19,22,24H,7-10,12-15H2. The van der Waals surface area contributed by atoms with E-state index in [9.17, 15) is 4.79 Å². The van der Waals surface area contributed by atoms with Crippen molar-refractivity contribution in [1.29, 1.82) is 0 Å². The third-order valence-electron chi connectivity index (χ3n) is 6.01. The molecule has 5 heteroatoms. The van der Waals surface area contributed by atoms with E-state index in [-0.39, 0.29) is 24.0 Å². The van der Waals surface area contributed by atoms with Crippen molar-refractivity contribution in [2.45, 2.75) is 37.2 Å². The Morgan fingerprint density at radius 2 is 2.00 bits per heavy atom. The van der Waals surface area contributed by atoms with E-state index >= 15 is 0 Å². The average Bonchev–Trinajstić information content (AvgIpc) is 3.23. The monoisotopic (exact) mass is 354 g/mol. The second-order valence-corrected chi connectivity index (χ2v) is 7.37. The first-order valence-electron chi connectivity index (χ1n) is 9.48. The van der Waals surface area contributed by atoms with Gasteiger partial charge in [-0.15, -0.1) is 0 Å². The number of hydrogen-bond donors (Lipinski definition) is 2. The molecule has 26 heavy (non-hydrogen) atoms. The van der Waals surface area contributed by atoms with Gasteiger partial charge < -0.3 is 19.7 Å². The Kier molecular flexibility index (Phi) is 4.83.